The van der Waals surface area contributed by atoms with E-state index in [9.17, 15) is 8.42 Å². The summed E-state index contributed by atoms with van der Waals surface area (Å²) >= 11 is 0. The first-order valence-electron chi connectivity index (χ1n) is 5.88. The predicted molar refractivity (Wildman–Crippen MR) is 86.6 cm³/mol. The molecule has 2 heterocycles. The van der Waals surface area contributed by atoms with E-state index >= 15 is 0 Å². The summed E-state index contributed by atoms with van der Waals surface area (Å²) in [4.78, 5) is 6.43. The molecule has 20 heavy (non-hydrogen) atoms. The molecular weight excluding hydrogens is 323 g/mol. The van der Waals surface area contributed by atoms with Crippen molar-refractivity contribution < 1.29 is 8.42 Å². The van der Waals surface area contributed by atoms with E-state index in [1.54, 1.807) is 6.07 Å². The van der Waals surface area contributed by atoms with Crippen molar-refractivity contribution >= 4 is 46.3 Å². The van der Waals surface area contributed by atoms with E-state index in [0.717, 1.165) is 38.0 Å². The number of anilines is 2. The van der Waals surface area contributed by atoms with Crippen molar-refractivity contribution in [1.29, 1.82) is 0 Å². The molecule has 1 fully saturated rings. The second-order valence-corrected chi connectivity index (χ2v) is 6.35. The average Bonchev–Trinajstić information content (AvgIpc) is 2.29. The number of piperidine rings is 1. The average molecular weight is 343 g/mol. The lowest BCUT2D eigenvalue weighted by atomic mass is 10.1. The topological polar surface area (TPSA) is 88.3 Å². The van der Waals surface area contributed by atoms with E-state index in [1.165, 1.54) is 6.20 Å². The van der Waals surface area contributed by atoms with Crippen LogP contribution in [0, 0.1) is 0 Å². The van der Waals surface area contributed by atoms with Crippen molar-refractivity contribution in [3.63, 3.8) is 0 Å². The van der Waals surface area contributed by atoms with E-state index in [0.29, 0.717) is 5.69 Å². The highest BCUT2D eigenvalue weighted by atomic mass is 35.5. The monoisotopic (exact) mass is 342 g/mol. The zero-order chi connectivity index (χ0) is 13.2. The third kappa shape index (κ3) is 5.70. The molecule has 0 spiro atoms. The summed E-state index contributed by atoms with van der Waals surface area (Å²) < 4.78 is 24.5. The Morgan fingerprint density at radius 3 is 2.35 bits per heavy atom. The number of rotatable bonds is 3. The van der Waals surface area contributed by atoms with Gasteiger partial charge < -0.3 is 10.6 Å². The third-order valence-corrected chi connectivity index (χ3v) is 3.52. The van der Waals surface area contributed by atoms with E-state index in [2.05, 4.69) is 14.6 Å². The van der Waals surface area contributed by atoms with Gasteiger partial charge in [-0.25, -0.2) is 13.4 Å². The summed E-state index contributed by atoms with van der Waals surface area (Å²) in [7, 11) is -3.24. The van der Waals surface area contributed by atoms with Crippen LogP contribution in [-0.4, -0.2) is 38.8 Å². The quantitative estimate of drug-likeness (QED) is 0.862. The molecule has 1 aliphatic heterocycles. The number of pyridine rings is 1. The smallest absolute Gasteiger partial charge is 0.229 e. The maximum absolute atomic E-state index is 11.1. The molecule has 0 bridgehead atoms. The standard InChI is InChI=1S/C11H18N4O2S.2ClH/c1-18(16,17)14-10-2-3-11(13-8-10)15-6-4-9(12)5-7-15;;/h2-3,8-9,14H,4-7,12H2,1H3;2*1H. The maximum atomic E-state index is 11.1. The summed E-state index contributed by atoms with van der Waals surface area (Å²) in [6.07, 6.45) is 4.58. The highest BCUT2D eigenvalue weighted by Crippen LogP contribution is 2.18. The van der Waals surface area contributed by atoms with Crippen molar-refractivity contribution in [2.75, 3.05) is 29.0 Å². The predicted octanol–water partition coefficient (Wildman–Crippen LogP) is 1.22. The summed E-state index contributed by atoms with van der Waals surface area (Å²) in [5.74, 6) is 0.862. The van der Waals surface area contributed by atoms with Crippen LogP contribution in [0.5, 0.6) is 0 Å². The van der Waals surface area contributed by atoms with Gasteiger partial charge in [0.05, 0.1) is 18.1 Å². The minimum absolute atomic E-state index is 0. The van der Waals surface area contributed by atoms with Crippen LogP contribution in [0.4, 0.5) is 11.5 Å². The van der Waals surface area contributed by atoms with Crippen LogP contribution in [0.3, 0.4) is 0 Å². The molecule has 1 aromatic heterocycles. The highest BCUT2D eigenvalue weighted by Gasteiger charge is 2.17. The molecule has 0 aromatic carbocycles. The van der Waals surface area contributed by atoms with Gasteiger partial charge in [0.2, 0.25) is 10.0 Å². The van der Waals surface area contributed by atoms with Gasteiger partial charge in [-0.3, -0.25) is 4.72 Å². The van der Waals surface area contributed by atoms with E-state index in [1.807, 2.05) is 6.07 Å². The number of sulfonamides is 1. The van der Waals surface area contributed by atoms with Crippen LogP contribution in [0.2, 0.25) is 0 Å². The largest absolute Gasteiger partial charge is 0.357 e. The Morgan fingerprint density at radius 2 is 1.90 bits per heavy atom. The summed E-state index contributed by atoms with van der Waals surface area (Å²) in [6, 6.07) is 3.83. The summed E-state index contributed by atoms with van der Waals surface area (Å²) in [5.41, 5.74) is 6.33. The van der Waals surface area contributed by atoms with Crippen molar-refractivity contribution in [1.82, 2.24) is 4.98 Å². The highest BCUT2D eigenvalue weighted by molar-refractivity contribution is 7.92. The lowest BCUT2D eigenvalue weighted by Gasteiger charge is -2.31. The summed E-state index contributed by atoms with van der Waals surface area (Å²) in [6.45, 7) is 1.79. The number of halogens is 2. The SMILES string of the molecule is CS(=O)(=O)Nc1ccc(N2CCC(N)CC2)nc1.Cl.Cl. The first kappa shape index (κ1) is 19.2. The van der Waals surface area contributed by atoms with Crippen molar-refractivity contribution in [3.05, 3.63) is 18.3 Å². The number of aromatic nitrogens is 1. The zero-order valence-electron chi connectivity index (χ0n) is 11.2. The number of nitrogens with zero attached hydrogens (tertiary/aromatic N) is 2. The Kier molecular flexibility index (Phi) is 7.57. The van der Waals surface area contributed by atoms with Crippen LogP contribution in [0.25, 0.3) is 0 Å². The molecule has 0 atom stereocenters. The molecule has 6 nitrogen and oxygen atoms in total. The van der Waals surface area contributed by atoms with Crippen molar-refractivity contribution in [2.45, 2.75) is 18.9 Å². The Balaban J connectivity index is 0.00000180. The van der Waals surface area contributed by atoms with Gasteiger partial charge in [-0.15, -0.1) is 24.8 Å². The maximum Gasteiger partial charge on any atom is 0.229 e. The molecule has 0 radical (unpaired) electrons. The number of nitrogens with one attached hydrogen (secondary N) is 1. The molecule has 9 heteroatoms. The van der Waals surface area contributed by atoms with Crippen LogP contribution in [0.1, 0.15) is 12.8 Å². The molecule has 1 saturated heterocycles. The van der Waals surface area contributed by atoms with Gasteiger partial charge in [-0.2, -0.15) is 0 Å². The Hall–Kier alpha value is -0.760. The first-order chi connectivity index (χ1) is 8.44. The van der Waals surface area contributed by atoms with Crippen LogP contribution in [-0.2, 0) is 10.0 Å². The second-order valence-electron chi connectivity index (χ2n) is 4.60. The molecule has 3 N–H and O–H groups in total. The zero-order valence-corrected chi connectivity index (χ0v) is 13.6. The molecule has 0 saturated carbocycles. The van der Waals surface area contributed by atoms with Crippen LogP contribution < -0.4 is 15.4 Å². The van der Waals surface area contributed by atoms with Crippen molar-refractivity contribution in [2.24, 2.45) is 5.73 Å². The van der Waals surface area contributed by atoms with Gasteiger partial charge in [-0.1, -0.05) is 0 Å². The molecule has 2 rings (SSSR count). The van der Waals surface area contributed by atoms with Gasteiger partial charge in [0, 0.05) is 19.1 Å². The Labute approximate surface area is 132 Å². The van der Waals surface area contributed by atoms with Crippen LogP contribution in [0.15, 0.2) is 18.3 Å². The number of nitrogens with two attached hydrogens (primary N) is 1. The summed E-state index contributed by atoms with van der Waals surface area (Å²) in [5, 5.41) is 0. The minimum Gasteiger partial charge on any atom is -0.357 e. The first-order valence-corrected chi connectivity index (χ1v) is 7.77. The lowest BCUT2D eigenvalue weighted by Crippen LogP contribution is -2.40. The van der Waals surface area contributed by atoms with Gasteiger partial charge in [0.1, 0.15) is 5.82 Å². The molecule has 0 aliphatic carbocycles. The van der Waals surface area contributed by atoms with Gasteiger partial charge in [0.25, 0.3) is 0 Å². The fourth-order valence-corrected chi connectivity index (χ4v) is 2.53. The van der Waals surface area contributed by atoms with Gasteiger partial charge >= 0.3 is 0 Å². The third-order valence-electron chi connectivity index (χ3n) is 2.91. The molecule has 0 amide bonds. The molecule has 116 valence electrons. The van der Waals surface area contributed by atoms with Gasteiger partial charge in [-0.05, 0) is 25.0 Å². The molecule has 1 aliphatic rings. The van der Waals surface area contributed by atoms with E-state index < -0.39 is 10.0 Å². The Bertz CT molecular complexity index is 502. The molecule has 0 unspecified atom stereocenters. The number of hydrogen-bond donors (Lipinski definition) is 2. The van der Waals surface area contributed by atoms with E-state index in [-0.39, 0.29) is 30.9 Å². The lowest BCUT2D eigenvalue weighted by molar-refractivity contribution is 0.498. The molecular formula is C11H20Cl2N4O2S. The van der Waals surface area contributed by atoms with E-state index in [4.69, 9.17) is 5.73 Å². The Morgan fingerprint density at radius 1 is 1.30 bits per heavy atom. The number of hydrogen-bond acceptors (Lipinski definition) is 5. The van der Waals surface area contributed by atoms with Gasteiger partial charge in [0.15, 0.2) is 0 Å². The van der Waals surface area contributed by atoms with Crippen LogP contribution >= 0.6 is 24.8 Å². The second kappa shape index (κ2) is 7.87. The fraction of sp³-hybridized carbons (Fsp3) is 0.545. The normalized spacial score (nSPS) is 16.0. The van der Waals surface area contributed by atoms with Crippen molar-refractivity contribution in [3.8, 4) is 0 Å². The fourth-order valence-electron chi connectivity index (χ4n) is 1.98. The minimum atomic E-state index is -3.24. The molecule has 1 aromatic rings.